The van der Waals surface area contributed by atoms with Crippen molar-refractivity contribution in [2.75, 3.05) is 34.4 Å². The van der Waals surface area contributed by atoms with Crippen LogP contribution in [-0.4, -0.2) is 51.1 Å². The Balaban J connectivity index is 0.00000385. The molecule has 0 atom stereocenters. The first-order chi connectivity index (χ1) is 15.5. The summed E-state index contributed by atoms with van der Waals surface area (Å²) in [6.45, 7) is 4.82. The van der Waals surface area contributed by atoms with Gasteiger partial charge < -0.3 is 25.0 Å². The average Bonchev–Trinajstić information content (AvgIpc) is 2.83. The summed E-state index contributed by atoms with van der Waals surface area (Å²) in [5, 5.41) is 6.60. The van der Waals surface area contributed by atoms with Gasteiger partial charge in [-0.2, -0.15) is 0 Å². The van der Waals surface area contributed by atoms with Crippen molar-refractivity contribution in [1.82, 2.24) is 15.5 Å². The number of rotatable bonds is 8. The summed E-state index contributed by atoms with van der Waals surface area (Å²) in [4.78, 5) is 18.9. The second kappa shape index (κ2) is 13.3. The van der Waals surface area contributed by atoms with Crippen LogP contribution < -0.4 is 20.1 Å². The molecule has 0 unspecified atom stereocenters. The van der Waals surface area contributed by atoms with Crippen LogP contribution in [0.2, 0.25) is 0 Å². The predicted octanol–water partition coefficient (Wildman–Crippen LogP) is 3.66. The topological polar surface area (TPSA) is 75.2 Å². The minimum atomic E-state index is 0. The van der Waals surface area contributed by atoms with Crippen molar-refractivity contribution in [3.8, 4) is 11.5 Å². The number of guanidine groups is 1. The van der Waals surface area contributed by atoms with E-state index in [0.29, 0.717) is 31.8 Å². The Morgan fingerprint density at radius 2 is 1.73 bits per heavy atom. The number of halogens is 1. The molecule has 180 valence electrons. The summed E-state index contributed by atoms with van der Waals surface area (Å²) in [5.74, 6) is 2.36. The van der Waals surface area contributed by atoms with E-state index in [0.717, 1.165) is 36.7 Å². The quantitative estimate of drug-likeness (QED) is 0.221. The molecule has 0 fully saturated rings. The number of amides is 1. The van der Waals surface area contributed by atoms with E-state index in [2.05, 4.69) is 46.8 Å². The number of carbonyl (C=O) groups excluding carboxylic acids is 1. The van der Waals surface area contributed by atoms with E-state index in [9.17, 15) is 4.79 Å². The molecule has 1 aliphatic rings. The largest absolute Gasteiger partial charge is 0.493 e. The molecule has 0 saturated carbocycles. The van der Waals surface area contributed by atoms with Crippen LogP contribution in [-0.2, 0) is 24.3 Å². The maximum Gasteiger partial charge on any atom is 0.222 e. The molecular formula is C25H35IN4O3. The van der Waals surface area contributed by atoms with Crippen LogP contribution in [0.5, 0.6) is 11.5 Å². The molecule has 0 radical (unpaired) electrons. The lowest BCUT2D eigenvalue weighted by molar-refractivity contribution is -0.132. The highest BCUT2D eigenvalue weighted by molar-refractivity contribution is 14.0. The lowest BCUT2D eigenvalue weighted by Gasteiger charge is -2.29. The lowest BCUT2D eigenvalue weighted by atomic mass is 9.98. The molecule has 0 aliphatic carbocycles. The minimum Gasteiger partial charge on any atom is -0.493 e. The minimum absolute atomic E-state index is 0. The molecule has 2 aromatic carbocycles. The number of aryl methyl sites for hydroxylation is 1. The maximum absolute atomic E-state index is 12.7. The number of carbonyl (C=O) groups is 1. The summed E-state index contributed by atoms with van der Waals surface area (Å²) in [7, 11) is 5.03. The molecule has 0 aromatic heterocycles. The van der Waals surface area contributed by atoms with Crippen molar-refractivity contribution >= 4 is 35.8 Å². The highest BCUT2D eigenvalue weighted by Gasteiger charge is 2.22. The number of nitrogens with one attached hydrogen (secondary N) is 2. The smallest absolute Gasteiger partial charge is 0.222 e. The van der Waals surface area contributed by atoms with Gasteiger partial charge in [0.2, 0.25) is 5.91 Å². The maximum atomic E-state index is 12.7. The fraction of sp³-hybridized carbons (Fsp3) is 0.440. The number of methoxy groups -OCH3 is 2. The summed E-state index contributed by atoms with van der Waals surface area (Å²) in [6, 6.07) is 12.4. The van der Waals surface area contributed by atoms with E-state index < -0.39 is 0 Å². The van der Waals surface area contributed by atoms with Crippen molar-refractivity contribution in [1.29, 1.82) is 0 Å². The van der Waals surface area contributed by atoms with Crippen LogP contribution in [0.1, 0.15) is 35.1 Å². The van der Waals surface area contributed by atoms with Gasteiger partial charge in [-0.05, 0) is 48.6 Å². The highest BCUT2D eigenvalue weighted by atomic mass is 127. The Kier molecular flexibility index (Phi) is 10.8. The third-order valence-electron chi connectivity index (χ3n) is 5.73. The third kappa shape index (κ3) is 7.52. The van der Waals surface area contributed by atoms with Gasteiger partial charge in [0.15, 0.2) is 17.5 Å². The predicted molar refractivity (Wildman–Crippen MR) is 143 cm³/mol. The first-order valence-corrected chi connectivity index (χ1v) is 11.1. The fourth-order valence-corrected chi connectivity index (χ4v) is 3.81. The van der Waals surface area contributed by atoms with Crippen molar-refractivity contribution in [2.24, 2.45) is 4.99 Å². The first kappa shape index (κ1) is 26.8. The Labute approximate surface area is 214 Å². The molecule has 0 saturated heterocycles. The summed E-state index contributed by atoms with van der Waals surface area (Å²) in [6.07, 6.45) is 2.08. The van der Waals surface area contributed by atoms with Gasteiger partial charge in [-0.25, -0.2) is 0 Å². The molecular weight excluding hydrogens is 531 g/mol. The van der Waals surface area contributed by atoms with Gasteiger partial charge in [0.1, 0.15) is 0 Å². The number of benzene rings is 2. The Morgan fingerprint density at radius 3 is 2.36 bits per heavy atom. The van der Waals surface area contributed by atoms with Crippen LogP contribution in [0.15, 0.2) is 41.4 Å². The van der Waals surface area contributed by atoms with Gasteiger partial charge in [-0.15, -0.1) is 24.0 Å². The molecule has 2 N–H and O–H groups in total. The molecule has 1 heterocycles. The van der Waals surface area contributed by atoms with Crippen molar-refractivity contribution < 1.29 is 14.3 Å². The number of nitrogens with zero attached hydrogens (tertiary/aromatic N) is 2. The summed E-state index contributed by atoms with van der Waals surface area (Å²) in [5.41, 5.74) is 4.79. The average molecular weight is 566 g/mol. The molecule has 7 nitrogen and oxygen atoms in total. The molecule has 0 spiro atoms. The number of hydrogen-bond donors (Lipinski definition) is 2. The van der Waals surface area contributed by atoms with Gasteiger partial charge in [-0.1, -0.05) is 29.8 Å². The van der Waals surface area contributed by atoms with Crippen LogP contribution >= 0.6 is 24.0 Å². The summed E-state index contributed by atoms with van der Waals surface area (Å²) < 4.78 is 10.8. The third-order valence-corrected chi connectivity index (χ3v) is 5.73. The number of ether oxygens (including phenoxy) is 2. The first-order valence-electron chi connectivity index (χ1n) is 11.1. The zero-order valence-electron chi connectivity index (χ0n) is 19.9. The fourth-order valence-electron chi connectivity index (χ4n) is 3.81. The second-order valence-electron chi connectivity index (χ2n) is 7.98. The van der Waals surface area contributed by atoms with Crippen molar-refractivity contribution in [3.05, 3.63) is 58.7 Å². The molecule has 1 amide bonds. The Morgan fingerprint density at radius 1 is 1.06 bits per heavy atom. The Bertz CT molecular complexity index is 947. The highest BCUT2D eigenvalue weighted by Crippen LogP contribution is 2.33. The Hall–Kier alpha value is -2.49. The van der Waals surface area contributed by atoms with E-state index in [4.69, 9.17) is 9.47 Å². The van der Waals surface area contributed by atoms with E-state index in [1.54, 1.807) is 21.3 Å². The second-order valence-corrected chi connectivity index (χ2v) is 7.98. The number of fused-ring (bicyclic) bond motifs is 1. The molecule has 3 rings (SSSR count). The monoisotopic (exact) mass is 566 g/mol. The molecule has 2 aromatic rings. The van der Waals surface area contributed by atoms with Crippen LogP contribution in [0.25, 0.3) is 0 Å². The summed E-state index contributed by atoms with van der Waals surface area (Å²) >= 11 is 0. The van der Waals surface area contributed by atoms with E-state index in [1.807, 2.05) is 17.0 Å². The van der Waals surface area contributed by atoms with Gasteiger partial charge in [0, 0.05) is 39.6 Å². The molecule has 0 bridgehead atoms. The van der Waals surface area contributed by atoms with Crippen molar-refractivity contribution in [2.45, 2.75) is 39.3 Å². The van der Waals surface area contributed by atoms with Gasteiger partial charge >= 0.3 is 0 Å². The SMILES string of the molecule is CN=C(NCCCC(=O)N1CCc2cc(OC)c(OC)cc2C1)NCc1ccc(C)cc1.I. The van der Waals surface area contributed by atoms with E-state index in [-0.39, 0.29) is 29.9 Å². The lowest BCUT2D eigenvalue weighted by Crippen LogP contribution is -2.38. The van der Waals surface area contributed by atoms with Gasteiger partial charge in [0.25, 0.3) is 0 Å². The number of hydrogen-bond acceptors (Lipinski definition) is 4. The number of aliphatic imine (C=N–C) groups is 1. The molecule has 33 heavy (non-hydrogen) atoms. The van der Waals surface area contributed by atoms with E-state index >= 15 is 0 Å². The van der Waals surface area contributed by atoms with Gasteiger partial charge in [-0.3, -0.25) is 9.79 Å². The van der Waals surface area contributed by atoms with Crippen LogP contribution in [0.3, 0.4) is 0 Å². The zero-order valence-corrected chi connectivity index (χ0v) is 22.3. The van der Waals surface area contributed by atoms with Crippen LogP contribution in [0, 0.1) is 6.92 Å². The standard InChI is InChI=1S/C25H34N4O3.HI/c1-18-7-9-19(10-8-18)16-28-25(26-2)27-12-5-6-24(30)29-13-11-20-14-22(31-3)23(32-4)15-21(20)17-29;/h7-10,14-15H,5-6,11-13,16-17H2,1-4H3,(H2,26,27,28);1H. The van der Waals surface area contributed by atoms with E-state index in [1.165, 1.54) is 16.7 Å². The molecule has 8 heteroatoms. The molecule has 1 aliphatic heterocycles. The normalized spacial score (nSPS) is 13.0. The van der Waals surface area contributed by atoms with Crippen molar-refractivity contribution in [3.63, 3.8) is 0 Å². The zero-order chi connectivity index (χ0) is 22.9. The van der Waals surface area contributed by atoms with Gasteiger partial charge in [0.05, 0.1) is 14.2 Å². The van der Waals surface area contributed by atoms with Crippen LogP contribution in [0.4, 0.5) is 0 Å².